The van der Waals surface area contributed by atoms with E-state index >= 15 is 0 Å². The van der Waals surface area contributed by atoms with Gasteiger partial charge < -0.3 is 10.1 Å². The lowest BCUT2D eigenvalue weighted by Gasteiger charge is -2.35. The summed E-state index contributed by atoms with van der Waals surface area (Å²) < 4.78 is 19.1. The summed E-state index contributed by atoms with van der Waals surface area (Å²) in [6, 6.07) is 4.88. The first-order chi connectivity index (χ1) is 8.13. The molecule has 2 unspecified atom stereocenters. The van der Waals surface area contributed by atoms with Crippen LogP contribution in [0, 0.1) is 5.82 Å². The minimum atomic E-state index is -0.588. The van der Waals surface area contributed by atoms with Crippen LogP contribution in [-0.4, -0.2) is 18.6 Å². The molecule has 4 heteroatoms. The number of amides is 1. The number of carbonyl (C=O) groups excluding carboxylic acids is 1. The number of benzene rings is 1. The normalized spacial score (nSPS) is 31.4. The van der Waals surface area contributed by atoms with E-state index in [1.165, 1.54) is 6.07 Å². The number of halogens is 1. The summed E-state index contributed by atoms with van der Waals surface area (Å²) in [4.78, 5) is 12.2. The molecule has 1 saturated heterocycles. The molecule has 0 radical (unpaired) electrons. The molecule has 1 amide bonds. The number of carbonyl (C=O) groups is 1. The van der Waals surface area contributed by atoms with Crippen LogP contribution in [-0.2, 0) is 14.9 Å². The topological polar surface area (TPSA) is 38.3 Å². The molecule has 2 atom stereocenters. The Morgan fingerprint density at radius 3 is 3.12 bits per heavy atom. The van der Waals surface area contributed by atoms with Gasteiger partial charge in [0.25, 0.3) is 0 Å². The minimum Gasteiger partial charge on any atom is -0.378 e. The Morgan fingerprint density at radius 1 is 1.53 bits per heavy atom. The zero-order valence-corrected chi connectivity index (χ0v) is 9.63. The van der Waals surface area contributed by atoms with Crippen LogP contribution >= 0.6 is 0 Å². The van der Waals surface area contributed by atoms with Crippen molar-refractivity contribution in [2.45, 2.75) is 31.3 Å². The molecular formula is C13H14FNO2. The average molecular weight is 235 g/mol. The molecule has 0 aromatic heterocycles. The number of hydrogen-bond acceptors (Lipinski definition) is 2. The van der Waals surface area contributed by atoms with Gasteiger partial charge >= 0.3 is 0 Å². The molecule has 1 fully saturated rings. The Morgan fingerprint density at radius 2 is 2.35 bits per heavy atom. The maximum Gasteiger partial charge on any atom is 0.235 e. The number of hydrogen-bond donors (Lipinski definition) is 1. The first-order valence-corrected chi connectivity index (χ1v) is 5.85. The van der Waals surface area contributed by atoms with Gasteiger partial charge in [0.2, 0.25) is 5.91 Å². The van der Waals surface area contributed by atoms with E-state index in [0.29, 0.717) is 25.1 Å². The van der Waals surface area contributed by atoms with E-state index in [2.05, 4.69) is 5.32 Å². The summed E-state index contributed by atoms with van der Waals surface area (Å²) in [5, 5.41) is 2.68. The molecule has 1 aromatic carbocycles. The van der Waals surface area contributed by atoms with Crippen molar-refractivity contribution in [1.82, 2.24) is 0 Å². The Kier molecular flexibility index (Phi) is 2.23. The third kappa shape index (κ3) is 1.40. The lowest BCUT2D eigenvalue weighted by molar-refractivity contribution is -0.126. The van der Waals surface area contributed by atoms with E-state index in [1.54, 1.807) is 6.07 Å². The van der Waals surface area contributed by atoms with Crippen LogP contribution in [0.25, 0.3) is 0 Å². The average Bonchev–Trinajstić information content (AvgIpc) is 2.55. The molecule has 2 aliphatic heterocycles. The number of ether oxygens (including phenoxy) is 1. The Hall–Kier alpha value is -1.42. The van der Waals surface area contributed by atoms with Crippen LogP contribution in [0.1, 0.15) is 25.3 Å². The van der Waals surface area contributed by atoms with Crippen LogP contribution in [0.5, 0.6) is 0 Å². The lowest BCUT2D eigenvalue weighted by atomic mass is 9.73. The fourth-order valence-corrected chi connectivity index (χ4v) is 2.94. The molecule has 3 rings (SSSR count). The standard InChI is InChI=1S/C13H14FNO2/c1-8-7-13(5-6-17-8)9-3-2-4-10(14)11(9)15-12(13)16/h2-4,8H,5-7H2,1H3,(H,15,16). The summed E-state index contributed by atoms with van der Waals surface area (Å²) in [6.07, 6.45) is 1.28. The van der Waals surface area contributed by atoms with Crippen molar-refractivity contribution in [1.29, 1.82) is 0 Å². The maximum absolute atomic E-state index is 13.7. The summed E-state index contributed by atoms with van der Waals surface area (Å²) in [5.74, 6) is -0.445. The van der Waals surface area contributed by atoms with E-state index < -0.39 is 5.41 Å². The maximum atomic E-state index is 13.7. The number of anilines is 1. The molecule has 0 saturated carbocycles. The monoisotopic (exact) mass is 235 g/mol. The highest BCUT2D eigenvalue weighted by Gasteiger charge is 2.49. The molecule has 90 valence electrons. The van der Waals surface area contributed by atoms with E-state index in [1.807, 2.05) is 13.0 Å². The van der Waals surface area contributed by atoms with Gasteiger partial charge in [0.15, 0.2) is 0 Å². The van der Waals surface area contributed by atoms with Gasteiger partial charge in [-0.3, -0.25) is 4.79 Å². The van der Waals surface area contributed by atoms with Crippen molar-refractivity contribution in [3.8, 4) is 0 Å². The lowest BCUT2D eigenvalue weighted by Crippen LogP contribution is -2.42. The second-order valence-electron chi connectivity index (χ2n) is 4.83. The van der Waals surface area contributed by atoms with Gasteiger partial charge in [0.1, 0.15) is 5.82 Å². The molecule has 2 aliphatic rings. The third-order valence-electron chi connectivity index (χ3n) is 3.77. The molecule has 3 nitrogen and oxygen atoms in total. The second-order valence-corrected chi connectivity index (χ2v) is 4.83. The molecule has 0 bridgehead atoms. The van der Waals surface area contributed by atoms with Crippen LogP contribution < -0.4 is 5.32 Å². The third-order valence-corrected chi connectivity index (χ3v) is 3.77. The Bertz CT molecular complexity index is 488. The number of fused-ring (bicyclic) bond motifs is 2. The second kappa shape index (κ2) is 3.53. The van der Waals surface area contributed by atoms with Crippen LogP contribution in [0.2, 0.25) is 0 Å². The fourth-order valence-electron chi connectivity index (χ4n) is 2.94. The largest absolute Gasteiger partial charge is 0.378 e. The SMILES string of the molecule is CC1CC2(CCO1)C(=O)Nc1c(F)cccc12. The first-order valence-electron chi connectivity index (χ1n) is 5.85. The van der Waals surface area contributed by atoms with Crippen molar-refractivity contribution < 1.29 is 13.9 Å². The van der Waals surface area contributed by atoms with Gasteiger partial charge in [-0.1, -0.05) is 12.1 Å². The van der Waals surface area contributed by atoms with Gasteiger partial charge in [-0.15, -0.1) is 0 Å². The molecule has 2 heterocycles. The smallest absolute Gasteiger partial charge is 0.235 e. The van der Waals surface area contributed by atoms with Gasteiger partial charge in [0, 0.05) is 6.61 Å². The van der Waals surface area contributed by atoms with E-state index in [4.69, 9.17) is 4.74 Å². The summed E-state index contributed by atoms with van der Waals surface area (Å²) >= 11 is 0. The number of rotatable bonds is 0. The van der Waals surface area contributed by atoms with Crippen molar-refractivity contribution in [3.05, 3.63) is 29.6 Å². The number of para-hydroxylation sites is 1. The fraction of sp³-hybridized carbons (Fsp3) is 0.462. The van der Waals surface area contributed by atoms with Gasteiger partial charge in [-0.2, -0.15) is 0 Å². The quantitative estimate of drug-likeness (QED) is 0.748. The van der Waals surface area contributed by atoms with Crippen molar-refractivity contribution in [2.24, 2.45) is 0 Å². The van der Waals surface area contributed by atoms with Crippen molar-refractivity contribution in [3.63, 3.8) is 0 Å². The molecule has 0 aliphatic carbocycles. The highest BCUT2D eigenvalue weighted by Crippen LogP contribution is 2.46. The van der Waals surface area contributed by atoms with Crippen LogP contribution in [0.15, 0.2) is 18.2 Å². The number of nitrogens with one attached hydrogen (secondary N) is 1. The predicted octanol–water partition coefficient (Wildman–Crippen LogP) is 2.21. The Labute approximate surface area is 99.0 Å². The zero-order chi connectivity index (χ0) is 12.0. The zero-order valence-electron chi connectivity index (χ0n) is 9.63. The van der Waals surface area contributed by atoms with Gasteiger partial charge in [-0.05, 0) is 31.4 Å². The van der Waals surface area contributed by atoms with Crippen LogP contribution in [0.3, 0.4) is 0 Å². The summed E-state index contributed by atoms with van der Waals surface area (Å²) in [7, 11) is 0. The van der Waals surface area contributed by atoms with E-state index in [9.17, 15) is 9.18 Å². The molecular weight excluding hydrogens is 221 g/mol. The first kappa shape index (κ1) is 10.7. The predicted molar refractivity (Wildman–Crippen MR) is 61.4 cm³/mol. The Balaban J connectivity index is 2.13. The van der Waals surface area contributed by atoms with Crippen molar-refractivity contribution >= 4 is 11.6 Å². The highest BCUT2D eigenvalue weighted by molar-refractivity contribution is 6.06. The van der Waals surface area contributed by atoms with E-state index in [-0.39, 0.29) is 17.8 Å². The highest BCUT2D eigenvalue weighted by atomic mass is 19.1. The minimum absolute atomic E-state index is 0.0312. The molecule has 1 spiro atoms. The van der Waals surface area contributed by atoms with Gasteiger partial charge in [-0.25, -0.2) is 4.39 Å². The summed E-state index contributed by atoms with van der Waals surface area (Å²) in [6.45, 7) is 2.50. The van der Waals surface area contributed by atoms with E-state index in [0.717, 1.165) is 5.56 Å². The summed E-state index contributed by atoms with van der Waals surface area (Å²) in [5.41, 5.74) is 0.555. The molecule has 17 heavy (non-hydrogen) atoms. The molecule has 1 aromatic rings. The molecule has 1 N–H and O–H groups in total. The van der Waals surface area contributed by atoms with Crippen molar-refractivity contribution in [2.75, 3.05) is 11.9 Å². The van der Waals surface area contributed by atoms with Gasteiger partial charge in [0.05, 0.1) is 17.2 Å². The van der Waals surface area contributed by atoms with Crippen LogP contribution in [0.4, 0.5) is 10.1 Å².